The molecular weight excluding hydrogens is 242 g/mol. The van der Waals surface area contributed by atoms with E-state index in [0.717, 1.165) is 25.7 Å². The van der Waals surface area contributed by atoms with Crippen LogP contribution in [0, 0.1) is 0 Å². The fourth-order valence-corrected chi connectivity index (χ4v) is 3.06. The lowest BCUT2D eigenvalue weighted by atomic mass is 9.80. The minimum absolute atomic E-state index is 0.0484. The number of hydrogen-bond acceptors (Lipinski definition) is 3. The monoisotopic (exact) mass is 269 g/mol. The van der Waals surface area contributed by atoms with Gasteiger partial charge >= 0.3 is 6.03 Å². The van der Waals surface area contributed by atoms with Crippen molar-refractivity contribution >= 4 is 6.03 Å². The molecule has 0 aromatic rings. The first-order chi connectivity index (χ1) is 9.04. The molecule has 2 aliphatic rings. The van der Waals surface area contributed by atoms with Gasteiger partial charge in [-0.15, -0.1) is 0 Å². The summed E-state index contributed by atoms with van der Waals surface area (Å²) >= 11 is 0. The maximum absolute atomic E-state index is 11.9. The Balaban J connectivity index is 1.67. The van der Waals surface area contributed by atoms with E-state index in [2.05, 4.69) is 29.6 Å². The Morgan fingerprint density at radius 1 is 1.37 bits per heavy atom. The summed E-state index contributed by atoms with van der Waals surface area (Å²) in [5.74, 6) is 0. The largest absolute Gasteiger partial charge is 0.376 e. The predicted molar refractivity (Wildman–Crippen MR) is 75.2 cm³/mol. The summed E-state index contributed by atoms with van der Waals surface area (Å²) in [4.78, 5) is 14.1. The first kappa shape index (κ1) is 14.6. The molecule has 0 aromatic carbocycles. The smallest absolute Gasteiger partial charge is 0.315 e. The third kappa shape index (κ3) is 3.60. The van der Waals surface area contributed by atoms with Crippen LogP contribution >= 0.6 is 0 Å². The van der Waals surface area contributed by atoms with E-state index >= 15 is 0 Å². The van der Waals surface area contributed by atoms with Gasteiger partial charge in [-0.05, 0) is 52.6 Å². The maximum Gasteiger partial charge on any atom is 0.315 e. The number of amides is 2. The molecule has 0 unspecified atom stereocenters. The second kappa shape index (κ2) is 6.09. The lowest BCUT2D eigenvalue weighted by molar-refractivity contribution is -0.0674. The van der Waals surface area contributed by atoms with Crippen molar-refractivity contribution in [1.29, 1.82) is 0 Å². The van der Waals surface area contributed by atoms with Gasteiger partial charge in [-0.25, -0.2) is 4.79 Å². The van der Waals surface area contributed by atoms with Crippen molar-refractivity contribution in [2.75, 3.05) is 27.7 Å². The fraction of sp³-hybridized carbons (Fsp3) is 0.929. The van der Waals surface area contributed by atoms with Crippen LogP contribution in [0.5, 0.6) is 0 Å². The second-order valence-corrected chi connectivity index (χ2v) is 6.20. The third-order valence-corrected chi connectivity index (χ3v) is 4.74. The quantitative estimate of drug-likeness (QED) is 0.792. The highest BCUT2D eigenvalue weighted by molar-refractivity contribution is 5.74. The van der Waals surface area contributed by atoms with Crippen LogP contribution in [0.2, 0.25) is 0 Å². The molecule has 2 atom stereocenters. The molecule has 0 aromatic heterocycles. The van der Waals surface area contributed by atoms with Crippen LogP contribution in [0.1, 0.15) is 38.5 Å². The van der Waals surface area contributed by atoms with Gasteiger partial charge in [0.1, 0.15) is 0 Å². The predicted octanol–water partition coefficient (Wildman–Crippen LogP) is 1.34. The molecular formula is C14H27N3O2. The number of nitrogens with zero attached hydrogens (tertiary/aromatic N) is 1. The number of methoxy groups -OCH3 is 1. The van der Waals surface area contributed by atoms with Crippen molar-refractivity contribution in [3.8, 4) is 0 Å². The van der Waals surface area contributed by atoms with E-state index in [-0.39, 0.29) is 11.6 Å². The molecule has 110 valence electrons. The van der Waals surface area contributed by atoms with Crippen LogP contribution in [-0.4, -0.2) is 56.4 Å². The van der Waals surface area contributed by atoms with Crippen LogP contribution in [0.3, 0.4) is 0 Å². The van der Waals surface area contributed by atoms with Gasteiger partial charge < -0.3 is 20.3 Å². The first-order valence-corrected chi connectivity index (χ1v) is 7.31. The summed E-state index contributed by atoms with van der Waals surface area (Å²) in [6.07, 6.45) is 6.59. The number of carbonyl (C=O) groups excluding carboxylic acids is 1. The summed E-state index contributed by atoms with van der Waals surface area (Å²) in [7, 11) is 5.94. The fourth-order valence-electron chi connectivity index (χ4n) is 3.06. The van der Waals surface area contributed by atoms with E-state index in [4.69, 9.17) is 4.74 Å². The molecule has 2 amide bonds. The highest BCUT2D eigenvalue weighted by Crippen LogP contribution is 2.34. The van der Waals surface area contributed by atoms with Crippen molar-refractivity contribution < 1.29 is 9.53 Å². The maximum atomic E-state index is 11.9. The Morgan fingerprint density at radius 2 is 2.11 bits per heavy atom. The van der Waals surface area contributed by atoms with E-state index < -0.39 is 0 Å². The van der Waals surface area contributed by atoms with E-state index in [0.29, 0.717) is 18.6 Å². The minimum atomic E-state index is -0.0980. The molecule has 0 saturated heterocycles. The van der Waals surface area contributed by atoms with Gasteiger partial charge in [0.15, 0.2) is 0 Å². The van der Waals surface area contributed by atoms with Gasteiger partial charge in [0.05, 0.1) is 5.60 Å². The summed E-state index contributed by atoms with van der Waals surface area (Å²) in [6.45, 7) is 0.624. The number of rotatable bonds is 5. The number of urea groups is 1. The Hall–Kier alpha value is -0.810. The van der Waals surface area contributed by atoms with E-state index in [1.54, 1.807) is 7.11 Å². The molecule has 0 radical (unpaired) electrons. The van der Waals surface area contributed by atoms with E-state index in [1.165, 1.54) is 12.8 Å². The van der Waals surface area contributed by atoms with E-state index in [1.807, 2.05) is 0 Å². The zero-order valence-corrected chi connectivity index (χ0v) is 12.4. The number of nitrogens with one attached hydrogen (secondary N) is 2. The molecule has 0 heterocycles. The Bertz CT molecular complexity index is 310. The van der Waals surface area contributed by atoms with Gasteiger partial charge in [-0.2, -0.15) is 0 Å². The van der Waals surface area contributed by atoms with Crippen LogP contribution in [0.4, 0.5) is 4.79 Å². The average Bonchev–Trinajstić information content (AvgIpc) is 2.77. The second-order valence-electron chi connectivity index (χ2n) is 6.20. The van der Waals surface area contributed by atoms with Crippen LogP contribution in [-0.2, 0) is 4.74 Å². The molecule has 0 aliphatic heterocycles. The summed E-state index contributed by atoms with van der Waals surface area (Å²) < 4.78 is 5.49. The molecule has 0 bridgehead atoms. The molecule has 19 heavy (non-hydrogen) atoms. The van der Waals surface area contributed by atoms with Crippen LogP contribution in [0.15, 0.2) is 0 Å². The molecule has 2 aliphatic carbocycles. The summed E-state index contributed by atoms with van der Waals surface area (Å²) in [5, 5.41) is 6.03. The molecule has 2 saturated carbocycles. The normalized spacial score (nSPS) is 29.1. The van der Waals surface area contributed by atoms with E-state index in [9.17, 15) is 4.79 Å². The van der Waals surface area contributed by atoms with Gasteiger partial charge in [-0.1, -0.05) is 0 Å². The SMILES string of the molecule is COC1(CNC(=O)N[C@@H]2CC[C@H](N(C)C)C2)CCC1. The Kier molecular flexibility index (Phi) is 4.68. The zero-order valence-electron chi connectivity index (χ0n) is 12.4. The molecule has 2 fully saturated rings. The summed E-state index contributed by atoms with van der Waals surface area (Å²) in [6, 6.07) is 0.863. The zero-order chi connectivity index (χ0) is 13.9. The van der Waals surface area contributed by atoms with Gasteiger partial charge in [0.2, 0.25) is 0 Å². The highest BCUT2D eigenvalue weighted by Gasteiger charge is 2.37. The Labute approximate surface area is 116 Å². The van der Waals surface area contributed by atoms with Crippen molar-refractivity contribution in [3.05, 3.63) is 0 Å². The average molecular weight is 269 g/mol. The highest BCUT2D eigenvalue weighted by atomic mass is 16.5. The van der Waals surface area contributed by atoms with Crippen molar-refractivity contribution in [1.82, 2.24) is 15.5 Å². The minimum Gasteiger partial charge on any atom is -0.376 e. The van der Waals surface area contributed by atoms with Gasteiger partial charge in [0, 0.05) is 25.7 Å². The molecule has 2 rings (SSSR count). The molecule has 2 N–H and O–H groups in total. The number of carbonyl (C=O) groups is 1. The first-order valence-electron chi connectivity index (χ1n) is 7.31. The molecule has 5 nitrogen and oxygen atoms in total. The molecule has 0 spiro atoms. The lowest BCUT2D eigenvalue weighted by Crippen LogP contribution is -2.52. The van der Waals surface area contributed by atoms with Crippen LogP contribution in [0.25, 0.3) is 0 Å². The third-order valence-electron chi connectivity index (χ3n) is 4.74. The summed E-state index contributed by atoms with van der Waals surface area (Å²) in [5.41, 5.74) is -0.0980. The van der Waals surface area contributed by atoms with Crippen molar-refractivity contribution in [2.45, 2.75) is 56.2 Å². The number of ether oxygens (including phenoxy) is 1. The standard InChI is InChI=1S/C14H27N3O2/c1-17(2)12-6-5-11(9-12)16-13(18)15-10-14(19-3)7-4-8-14/h11-12H,4-10H2,1-3H3,(H2,15,16,18)/t11-,12+/m1/s1. The Morgan fingerprint density at radius 3 is 2.58 bits per heavy atom. The lowest BCUT2D eigenvalue weighted by Gasteiger charge is -2.40. The van der Waals surface area contributed by atoms with Gasteiger partial charge in [-0.3, -0.25) is 0 Å². The van der Waals surface area contributed by atoms with Crippen LogP contribution < -0.4 is 10.6 Å². The number of hydrogen-bond donors (Lipinski definition) is 2. The van der Waals surface area contributed by atoms with Gasteiger partial charge in [0.25, 0.3) is 0 Å². The van der Waals surface area contributed by atoms with Crippen molar-refractivity contribution in [2.24, 2.45) is 0 Å². The topological polar surface area (TPSA) is 53.6 Å². The molecule has 5 heteroatoms. The van der Waals surface area contributed by atoms with Crippen molar-refractivity contribution in [3.63, 3.8) is 0 Å².